The van der Waals surface area contributed by atoms with E-state index in [-0.39, 0.29) is 6.42 Å². The molecule has 0 bridgehead atoms. The Kier molecular flexibility index (Phi) is 4.17. The number of benzene rings is 1. The lowest BCUT2D eigenvalue weighted by Gasteiger charge is -2.17. The summed E-state index contributed by atoms with van der Waals surface area (Å²) in [6.45, 7) is 3.02. The molecular formula is C14H14Cl2FNO3. The first kappa shape index (κ1) is 16.0. The van der Waals surface area contributed by atoms with Crippen LogP contribution in [0.4, 0.5) is 10.1 Å². The van der Waals surface area contributed by atoms with Gasteiger partial charge in [-0.2, -0.15) is 0 Å². The van der Waals surface area contributed by atoms with Crippen LogP contribution in [-0.4, -0.2) is 22.3 Å². The molecule has 0 radical (unpaired) electrons. The van der Waals surface area contributed by atoms with Crippen molar-refractivity contribution in [3.05, 3.63) is 30.1 Å². The predicted octanol–water partition coefficient (Wildman–Crippen LogP) is 3.28. The Morgan fingerprint density at radius 2 is 1.86 bits per heavy atom. The largest absolute Gasteiger partial charge is 0.452 e. The second-order valence-electron chi connectivity index (χ2n) is 5.26. The smallest absolute Gasteiger partial charge is 0.315 e. The molecule has 0 aliphatic heterocycles. The van der Waals surface area contributed by atoms with Crippen LogP contribution in [0.5, 0.6) is 0 Å². The third-order valence-corrected chi connectivity index (χ3v) is 4.57. The second-order valence-corrected chi connectivity index (χ2v) is 6.74. The number of anilines is 1. The molecular weight excluding hydrogens is 320 g/mol. The Morgan fingerprint density at radius 3 is 2.33 bits per heavy atom. The maximum absolute atomic E-state index is 12.8. The van der Waals surface area contributed by atoms with Gasteiger partial charge in [-0.15, -0.1) is 23.2 Å². The van der Waals surface area contributed by atoms with E-state index in [0.29, 0.717) is 5.69 Å². The van der Waals surface area contributed by atoms with Gasteiger partial charge in [0.15, 0.2) is 6.10 Å². The van der Waals surface area contributed by atoms with Gasteiger partial charge in [0.1, 0.15) is 15.6 Å². The fraction of sp³-hybridized carbons (Fsp3) is 0.429. The van der Waals surface area contributed by atoms with E-state index in [1.807, 2.05) is 0 Å². The number of nitrogens with one attached hydrogen (secondary N) is 1. The molecule has 0 unspecified atom stereocenters. The van der Waals surface area contributed by atoms with E-state index in [2.05, 4.69) is 5.32 Å². The zero-order valence-electron chi connectivity index (χ0n) is 11.5. The van der Waals surface area contributed by atoms with Crippen LogP contribution in [0.3, 0.4) is 0 Å². The van der Waals surface area contributed by atoms with Gasteiger partial charge in [-0.25, -0.2) is 4.39 Å². The van der Waals surface area contributed by atoms with Gasteiger partial charge in [-0.05, 0) is 38.1 Å². The fourth-order valence-electron chi connectivity index (χ4n) is 1.74. The number of ether oxygens (including phenoxy) is 1. The van der Waals surface area contributed by atoms with Crippen molar-refractivity contribution >= 4 is 40.8 Å². The molecule has 0 aromatic heterocycles. The zero-order valence-corrected chi connectivity index (χ0v) is 13.0. The van der Waals surface area contributed by atoms with Gasteiger partial charge >= 0.3 is 5.97 Å². The van der Waals surface area contributed by atoms with Crippen LogP contribution < -0.4 is 5.32 Å². The van der Waals surface area contributed by atoms with Crippen LogP contribution in [0, 0.1) is 11.2 Å². The van der Waals surface area contributed by atoms with Crippen LogP contribution in [0.15, 0.2) is 24.3 Å². The lowest BCUT2D eigenvalue weighted by molar-refractivity contribution is -0.158. The van der Waals surface area contributed by atoms with Gasteiger partial charge in [-0.1, -0.05) is 0 Å². The Hall–Kier alpha value is -1.33. The third kappa shape index (κ3) is 3.30. The highest BCUT2D eigenvalue weighted by atomic mass is 35.5. The summed E-state index contributed by atoms with van der Waals surface area (Å²) in [5.74, 6) is -1.54. The number of hydrogen-bond acceptors (Lipinski definition) is 3. The molecule has 4 nitrogen and oxygen atoms in total. The summed E-state index contributed by atoms with van der Waals surface area (Å²) < 4.78 is 16.7. The minimum atomic E-state index is -1.14. The number of carbonyl (C=O) groups excluding carboxylic acids is 2. The highest BCUT2D eigenvalue weighted by Gasteiger charge is 2.69. The number of rotatable bonds is 4. The van der Waals surface area contributed by atoms with E-state index in [4.69, 9.17) is 27.9 Å². The summed E-state index contributed by atoms with van der Waals surface area (Å²) in [5, 5.41) is 2.52. The molecule has 1 saturated carbocycles. The van der Waals surface area contributed by atoms with Crippen molar-refractivity contribution in [2.45, 2.75) is 30.7 Å². The molecule has 7 heteroatoms. The second kappa shape index (κ2) is 5.46. The van der Waals surface area contributed by atoms with E-state index in [1.165, 1.54) is 31.2 Å². The standard InChI is InChI=1S/C14H14Cl2FNO3/c1-8(21-12(20)13(2)7-14(13,15)16)11(19)18-10-5-3-9(17)4-6-10/h3-6,8H,7H2,1-2H3,(H,18,19)/t8-,13-/m1/s1. The summed E-state index contributed by atoms with van der Waals surface area (Å²) in [6.07, 6.45) is -0.724. The van der Waals surface area contributed by atoms with E-state index < -0.39 is 33.5 Å². The summed E-state index contributed by atoms with van der Waals surface area (Å²) >= 11 is 11.8. The Bertz CT molecular complexity index is 576. The fourth-order valence-corrected chi connectivity index (χ4v) is 2.43. The van der Waals surface area contributed by atoms with Crippen molar-refractivity contribution in [3.8, 4) is 0 Å². The monoisotopic (exact) mass is 333 g/mol. The molecule has 1 aliphatic rings. The number of halogens is 3. The molecule has 1 aliphatic carbocycles. The van der Waals surface area contributed by atoms with E-state index in [0.717, 1.165) is 0 Å². The average molecular weight is 334 g/mol. The van der Waals surface area contributed by atoms with Crippen molar-refractivity contribution in [2.24, 2.45) is 5.41 Å². The Balaban J connectivity index is 1.91. The van der Waals surface area contributed by atoms with Crippen molar-refractivity contribution in [2.75, 3.05) is 5.32 Å². The molecule has 1 amide bonds. The van der Waals surface area contributed by atoms with Crippen molar-refractivity contribution in [1.82, 2.24) is 0 Å². The van der Waals surface area contributed by atoms with Gasteiger partial charge in [0, 0.05) is 12.1 Å². The van der Waals surface area contributed by atoms with Crippen LogP contribution in [0.2, 0.25) is 0 Å². The number of alkyl halides is 2. The molecule has 2 atom stereocenters. The van der Waals surface area contributed by atoms with Gasteiger partial charge in [0.25, 0.3) is 5.91 Å². The SMILES string of the molecule is C[C@@H](OC(=O)[C@@]1(C)CC1(Cl)Cl)C(=O)Nc1ccc(F)cc1. The third-order valence-electron chi connectivity index (χ3n) is 3.47. The lowest BCUT2D eigenvalue weighted by Crippen LogP contribution is -2.33. The first-order valence-electron chi connectivity index (χ1n) is 6.31. The normalized spacial score (nSPS) is 24.0. The summed E-state index contributed by atoms with van der Waals surface area (Å²) in [4.78, 5) is 23.8. The van der Waals surface area contributed by atoms with E-state index in [1.54, 1.807) is 6.92 Å². The minimum Gasteiger partial charge on any atom is -0.452 e. The van der Waals surface area contributed by atoms with Crippen molar-refractivity contribution in [1.29, 1.82) is 0 Å². The molecule has 1 fully saturated rings. The summed E-state index contributed by atoms with van der Waals surface area (Å²) in [6, 6.07) is 5.25. The molecule has 2 rings (SSSR count). The molecule has 0 saturated heterocycles. The van der Waals surface area contributed by atoms with Crippen LogP contribution in [-0.2, 0) is 14.3 Å². The van der Waals surface area contributed by atoms with Crippen molar-refractivity contribution < 1.29 is 18.7 Å². The van der Waals surface area contributed by atoms with Gasteiger partial charge in [0.2, 0.25) is 0 Å². The number of carbonyl (C=O) groups is 2. The highest BCUT2D eigenvalue weighted by Crippen LogP contribution is 2.64. The van der Waals surface area contributed by atoms with E-state index in [9.17, 15) is 14.0 Å². The zero-order chi connectivity index (χ0) is 15.8. The first-order valence-corrected chi connectivity index (χ1v) is 7.07. The van der Waals surface area contributed by atoms with Crippen LogP contribution in [0.25, 0.3) is 0 Å². The van der Waals surface area contributed by atoms with Gasteiger partial charge in [-0.3, -0.25) is 9.59 Å². The topological polar surface area (TPSA) is 55.4 Å². The molecule has 114 valence electrons. The maximum atomic E-state index is 12.8. The molecule has 1 aromatic carbocycles. The number of amides is 1. The number of hydrogen-bond donors (Lipinski definition) is 1. The van der Waals surface area contributed by atoms with Crippen molar-refractivity contribution in [3.63, 3.8) is 0 Å². The minimum absolute atomic E-state index is 0.286. The van der Waals surface area contributed by atoms with Crippen LogP contribution in [0.1, 0.15) is 20.3 Å². The molecule has 1 aromatic rings. The predicted molar refractivity (Wildman–Crippen MR) is 77.7 cm³/mol. The van der Waals surface area contributed by atoms with Gasteiger partial charge < -0.3 is 10.1 Å². The Labute approximate surface area is 131 Å². The molecule has 0 heterocycles. The van der Waals surface area contributed by atoms with Crippen LogP contribution >= 0.6 is 23.2 Å². The maximum Gasteiger partial charge on any atom is 0.315 e. The summed E-state index contributed by atoms with van der Waals surface area (Å²) in [5.41, 5.74) is -0.577. The summed E-state index contributed by atoms with van der Waals surface area (Å²) in [7, 11) is 0. The molecule has 0 spiro atoms. The Morgan fingerprint density at radius 1 is 1.33 bits per heavy atom. The quantitative estimate of drug-likeness (QED) is 0.679. The number of esters is 1. The van der Waals surface area contributed by atoms with Gasteiger partial charge in [0.05, 0.1) is 0 Å². The van der Waals surface area contributed by atoms with E-state index >= 15 is 0 Å². The molecule has 1 N–H and O–H groups in total. The highest BCUT2D eigenvalue weighted by molar-refractivity contribution is 6.53. The average Bonchev–Trinajstić information content (AvgIpc) is 2.92. The lowest BCUT2D eigenvalue weighted by atomic mass is 10.1. The molecule has 21 heavy (non-hydrogen) atoms. The first-order chi connectivity index (χ1) is 9.65.